The average molecular weight is 262 g/mol. The Labute approximate surface area is 107 Å². The fourth-order valence-corrected chi connectivity index (χ4v) is 1.63. The molecular weight excluding hydrogens is 252 g/mol. The van der Waals surface area contributed by atoms with E-state index in [0.717, 1.165) is 30.3 Å². The van der Waals surface area contributed by atoms with E-state index in [9.17, 15) is 25.2 Å². The lowest BCUT2D eigenvalue weighted by molar-refractivity contribution is 0.103. The van der Waals surface area contributed by atoms with Gasteiger partial charge in [-0.05, 0) is 24.3 Å². The highest BCUT2D eigenvalue weighted by atomic mass is 16.3. The molecule has 0 radical (unpaired) electrons. The van der Waals surface area contributed by atoms with Crippen molar-refractivity contribution in [1.29, 1.82) is 0 Å². The maximum atomic E-state index is 12.1. The Morgan fingerprint density at radius 2 is 1.37 bits per heavy atom. The molecule has 0 aromatic heterocycles. The lowest BCUT2D eigenvalue weighted by atomic mass is 10.0. The summed E-state index contributed by atoms with van der Waals surface area (Å²) in [6.45, 7) is 0. The third kappa shape index (κ3) is 2.23. The van der Waals surface area contributed by atoms with E-state index in [1.54, 1.807) is 0 Å². The van der Waals surface area contributed by atoms with Gasteiger partial charge in [-0.2, -0.15) is 0 Å². The molecule has 0 amide bonds. The summed E-state index contributed by atoms with van der Waals surface area (Å²) in [6, 6.07) is 5.42. The van der Waals surface area contributed by atoms with Crippen molar-refractivity contribution < 1.29 is 30.3 Å². The van der Waals surface area contributed by atoms with Crippen LogP contribution in [0.1, 0.15) is 15.9 Å². The Kier molecular flexibility index (Phi) is 2.92. The maximum absolute atomic E-state index is 12.1. The van der Waals surface area contributed by atoms with Crippen LogP contribution < -0.4 is 0 Å². The van der Waals surface area contributed by atoms with Crippen LogP contribution in [0.2, 0.25) is 0 Å². The molecule has 0 bridgehead atoms. The molecule has 0 aliphatic carbocycles. The number of aromatic hydroxyl groups is 5. The van der Waals surface area contributed by atoms with E-state index >= 15 is 0 Å². The van der Waals surface area contributed by atoms with Crippen molar-refractivity contribution in [3.63, 3.8) is 0 Å². The highest BCUT2D eigenvalue weighted by Crippen LogP contribution is 2.38. The van der Waals surface area contributed by atoms with Crippen LogP contribution in [0, 0.1) is 0 Å². The van der Waals surface area contributed by atoms with Crippen LogP contribution in [0.25, 0.3) is 0 Å². The Bertz CT molecular complexity index is 642. The van der Waals surface area contributed by atoms with Gasteiger partial charge in [-0.15, -0.1) is 0 Å². The van der Waals surface area contributed by atoms with Gasteiger partial charge in [0.1, 0.15) is 11.5 Å². The molecule has 5 N–H and O–H groups in total. The second kappa shape index (κ2) is 4.41. The van der Waals surface area contributed by atoms with Gasteiger partial charge in [0.2, 0.25) is 5.75 Å². The molecule has 2 aromatic rings. The fourth-order valence-electron chi connectivity index (χ4n) is 1.63. The van der Waals surface area contributed by atoms with Crippen LogP contribution in [0.15, 0.2) is 30.3 Å². The first-order valence-electron chi connectivity index (χ1n) is 5.21. The molecule has 19 heavy (non-hydrogen) atoms. The number of rotatable bonds is 2. The average Bonchev–Trinajstić information content (AvgIpc) is 2.34. The van der Waals surface area contributed by atoms with Gasteiger partial charge >= 0.3 is 0 Å². The van der Waals surface area contributed by atoms with Crippen LogP contribution in [0.3, 0.4) is 0 Å². The van der Waals surface area contributed by atoms with E-state index in [1.165, 1.54) is 0 Å². The zero-order chi connectivity index (χ0) is 14.2. The first-order valence-corrected chi connectivity index (χ1v) is 5.21. The smallest absolute Gasteiger partial charge is 0.201 e. The first kappa shape index (κ1) is 12.6. The summed E-state index contributed by atoms with van der Waals surface area (Å²) in [5.41, 5.74) is -0.335. The van der Waals surface area contributed by atoms with E-state index in [2.05, 4.69) is 0 Å². The van der Waals surface area contributed by atoms with Crippen molar-refractivity contribution in [2.75, 3.05) is 0 Å². The standard InChI is InChI=1S/C13H10O6/c14-7-3-6(4-8(15)5-7)11(17)9-1-2-10(16)13(19)12(9)18/h1-5,14-16,18-19H. The van der Waals surface area contributed by atoms with Gasteiger partial charge in [0.05, 0.1) is 5.56 Å². The third-order valence-electron chi connectivity index (χ3n) is 2.54. The van der Waals surface area contributed by atoms with Gasteiger partial charge in [0, 0.05) is 11.6 Å². The summed E-state index contributed by atoms with van der Waals surface area (Å²) in [4.78, 5) is 12.1. The molecule has 0 saturated heterocycles. The van der Waals surface area contributed by atoms with Gasteiger partial charge in [-0.3, -0.25) is 4.79 Å². The number of hydrogen-bond donors (Lipinski definition) is 5. The van der Waals surface area contributed by atoms with Crippen LogP contribution in [0.4, 0.5) is 0 Å². The second-order valence-corrected chi connectivity index (χ2v) is 3.90. The Morgan fingerprint density at radius 1 is 0.789 bits per heavy atom. The van der Waals surface area contributed by atoms with Crippen LogP contribution in [-0.4, -0.2) is 31.3 Å². The largest absolute Gasteiger partial charge is 0.508 e. The molecule has 0 atom stereocenters. The zero-order valence-corrected chi connectivity index (χ0v) is 9.53. The van der Waals surface area contributed by atoms with Crippen molar-refractivity contribution >= 4 is 5.78 Å². The topological polar surface area (TPSA) is 118 Å². The highest BCUT2D eigenvalue weighted by molar-refractivity contribution is 6.11. The van der Waals surface area contributed by atoms with Gasteiger partial charge < -0.3 is 25.5 Å². The Morgan fingerprint density at radius 3 is 1.95 bits per heavy atom. The van der Waals surface area contributed by atoms with Gasteiger partial charge in [-0.25, -0.2) is 0 Å². The molecule has 0 saturated carbocycles. The number of hydrogen-bond acceptors (Lipinski definition) is 6. The monoisotopic (exact) mass is 262 g/mol. The van der Waals surface area contributed by atoms with E-state index in [0.29, 0.717) is 0 Å². The van der Waals surface area contributed by atoms with E-state index in [-0.39, 0.29) is 22.6 Å². The molecule has 98 valence electrons. The lowest BCUT2D eigenvalue weighted by Crippen LogP contribution is -2.01. The zero-order valence-electron chi connectivity index (χ0n) is 9.53. The molecule has 2 aromatic carbocycles. The third-order valence-corrected chi connectivity index (χ3v) is 2.54. The summed E-state index contributed by atoms with van der Waals surface area (Å²) >= 11 is 0. The maximum Gasteiger partial charge on any atom is 0.201 e. The van der Waals surface area contributed by atoms with Crippen LogP contribution >= 0.6 is 0 Å². The molecule has 6 heteroatoms. The van der Waals surface area contributed by atoms with Gasteiger partial charge in [0.25, 0.3) is 0 Å². The highest BCUT2D eigenvalue weighted by Gasteiger charge is 2.19. The normalized spacial score (nSPS) is 10.3. The summed E-state index contributed by atoms with van der Waals surface area (Å²) in [7, 11) is 0. The van der Waals surface area contributed by atoms with Crippen LogP contribution in [0.5, 0.6) is 28.7 Å². The fraction of sp³-hybridized carbons (Fsp3) is 0. The molecule has 0 aliphatic heterocycles. The lowest BCUT2D eigenvalue weighted by Gasteiger charge is -2.07. The van der Waals surface area contributed by atoms with Crippen molar-refractivity contribution in [1.82, 2.24) is 0 Å². The van der Waals surface area contributed by atoms with Crippen molar-refractivity contribution in [2.24, 2.45) is 0 Å². The predicted molar refractivity (Wildman–Crippen MR) is 64.6 cm³/mol. The summed E-state index contributed by atoms with van der Waals surface area (Å²) in [5, 5.41) is 46.7. The number of phenols is 5. The van der Waals surface area contributed by atoms with E-state index in [1.807, 2.05) is 0 Å². The van der Waals surface area contributed by atoms with E-state index in [4.69, 9.17) is 5.11 Å². The number of carbonyl (C=O) groups excluding carboxylic acids is 1. The number of carbonyl (C=O) groups is 1. The minimum Gasteiger partial charge on any atom is -0.508 e. The SMILES string of the molecule is O=C(c1cc(O)cc(O)c1)c1ccc(O)c(O)c1O. The predicted octanol–water partition coefficient (Wildman–Crippen LogP) is 1.45. The molecule has 2 rings (SSSR count). The van der Waals surface area contributed by atoms with Crippen molar-refractivity contribution in [3.8, 4) is 28.7 Å². The molecule has 0 unspecified atom stereocenters. The molecule has 0 aliphatic rings. The quantitative estimate of drug-likeness (QED) is 0.413. The van der Waals surface area contributed by atoms with Crippen LogP contribution in [-0.2, 0) is 0 Å². The molecule has 0 spiro atoms. The Hall–Kier alpha value is -2.89. The van der Waals surface area contributed by atoms with E-state index < -0.39 is 23.0 Å². The minimum absolute atomic E-state index is 0.0714. The number of phenolic OH excluding ortho intramolecular Hbond substituents is 5. The molecule has 6 nitrogen and oxygen atoms in total. The van der Waals surface area contributed by atoms with Gasteiger partial charge in [-0.1, -0.05) is 0 Å². The first-order chi connectivity index (χ1) is 8.90. The molecular formula is C13H10O6. The molecule has 0 fully saturated rings. The number of benzene rings is 2. The summed E-state index contributed by atoms with van der Waals surface area (Å²) < 4.78 is 0. The number of ketones is 1. The van der Waals surface area contributed by atoms with Crippen molar-refractivity contribution in [3.05, 3.63) is 41.5 Å². The summed E-state index contributed by atoms with van der Waals surface area (Å²) in [5.74, 6) is -3.49. The van der Waals surface area contributed by atoms with Crippen molar-refractivity contribution in [2.45, 2.75) is 0 Å². The molecule has 0 heterocycles. The Balaban J connectivity index is 2.53. The minimum atomic E-state index is -0.810. The van der Waals surface area contributed by atoms with Gasteiger partial charge in [0.15, 0.2) is 17.3 Å². The summed E-state index contributed by atoms with van der Waals surface area (Å²) in [6.07, 6.45) is 0. The second-order valence-electron chi connectivity index (χ2n) is 3.90.